The summed E-state index contributed by atoms with van der Waals surface area (Å²) in [7, 11) is 0. The Labute approximate surface area is 76.5 Å². The molecule has 2 N–H and O–H groups in total. The van der Waals surface area contributed by atoms with Gasteiger partial charge < -0.3 is 5.48 Å². The van der Waals surface area contributed by atoms with Gasteiger partial charge in [0.05, 0.1) is 0 Å². The molecule has 1 radical (unpaired) electrons. The third kappa shape index (κ3) is 8.10. The van der Waals surface area contributed by atoms with Crippen molar-refractivity contribution < 1.29 is 8.55 Å². The smallest absolute Gasteiger partial charge is 0.412 e. The number of hydrogen-bond donors (Lipinski definition) is 0. The Morgan fingerprint density at radius 2 is 1.73 bits per heavy atom. The molecule has 0 aliphatic rings. The van der Waals surface area contributed by atoms with Crippen molar-refractivity contribution >= 4 is 20.2 Å². The predicted octanol–water partition coefficient (Wildman–Crippen LogP) is 1.56. The minimum atomic E-state index is -1.49. The quantitative estimate of drug-likeness (QED) is 0.530. The largest absolute Gasteiger partial charge is 0.412 e. The van der Waals surface area contributed by atoms with Gasteiger partial charge in [0.2, 0.25) is 0 Å². The van der Waals surface area contributed by atoms with Crippen molar-refractivity contribution in [2.24, 2.45) is 0 Å². The van der Waals surface area contributed by atoms with Crippen molar-refractivity contribution in [2.45, 2.75) is 15.8 Å². The zero-order valence-corrected chi connectivity index (χ0v) is 9.95. The summed E-state index contributed by atoms with van der Waals surface area (Å²) in [4.78, 5) is 0. The van der Waals surface area contributed by atoms with E-state index in [0.717, 1.165) is 15.5 Å². The third-order valence-electron chi connectivity index (χ3n) is 1.09. The molecule has 0 bridgehead atoms. The molecule has 2 nitrogen and oxygen atoms in total. The molecule has 65 valence electrons. The van der Waals surface area contributed by atoms with E-state index in [2.05, 4.69) is 13.2 Å². The minimum Gasteiger partial charge on any atom is -0.412 e. The molecular weight excluding hydrogens is 247 g/mol. The van der Waals surface area contributed by atoms with Gasteiger partial charge in [0.25, 0.3) is 0 Å². The van der Waals surface area contributed by atoms with Crippen LogP contribution in [0.15, 0.2) is 25.3 Å². The van der Waals surface area contributed by atoms with Crippen LogP contribution < -0.4 is 0 Å². The Morgan fingerprint density at radius 1 is 1.27 bits per heavy atom. The van der Waals surface area contributed by atoms with Crippen LogP contribution in [0.1, 0.15) is 6.92 Å². The molecule has 11 heavy (non-hydrogen) atoms. The van der Waals surface area contributed by atoms with E-state index in [9.17, 15) is 0 Å². The van der Waals surface area contributed by atoms with Crippen LogP contribution in [0.4, 0.5) is 0 Å². The van der Waals surface area contributed by atoms with Crippen molar-refractivity contribution in [3.05, 3.63) is 25.3 Å². The second-order valence-electron chi connectivity index (χ2n) is 1.96. The number of rotatable bonds is 6. The molecule has 0 saturated heterocycles. The van der Waals surface area contributed by atoms with Crippen molar-refractivity contribution in [3.8, 4) is 0 Å². The summed E-state index contributed by atoms with van der Waals surface area (Å²) >= 11 is -1.49. The molecule has 0 aromatic heterocycles. The van der Waals surface area contributed by atoms with Crippen LogP contribution in [0.5, 0.6) is 0 Å². The second kappa shape index (κ2) is 10.2. The van der Waals surface area contributed by atoms with E-state index in [1.54, 1.807) is 0 Å². The topological polar surface area (TPSA) is 40.7 Å². The molecule has 3 heteroatoms. The van der Waals surface area contributed by atoms with Gasteiger partial charge in [0.1, 0.15) is 0 Å². The summed E-state index contributed by atoms with van der Waals surface area (Å²) in [5.41, 5.74) is 0. The van der Waals surface area contributed by atoms with Gasteiger partial charge in [-0.05, 0) is 0 Å². The van der Waals surface area contributed by atoms with Gasteiger partial charge in [0.15, 0.2) is 0 Å². The normalized spacial score (nSPS) is 8.91. The molecule has 0 heterocycles. The first-order valence-electron chi connectivity index (χ1n) is 3.54. The predicted molar refractivity (Wildman–Crippen MR) is 51.0 cm³/mol. The summed E-state index contributed by atoms with van der Waals surface area (Å²) in [6, 6.07) is 0. The summed E-state index contributed by atoms with van der Waals surface area (Å²) in [5, 5.41) is 0. The van der Waals surface area contributed by atoms with Crippen molar-refractivity contribution in [3.63, 3.8) is 0 Å². The van der Waals surface area contributed by atoms with E-state index in [4.69, 9.17) is 3.07 Å². The fraction of sp³-hybridized carbons (Fsp3) is 0.500. The standard InChI is InChI=1S/2C3H5.C2H5O.H2O.Sn/c2*1-3-2;1-2-3;;/h2*3H,1-2H2;2H2,1H3;1H2;/q;;-1;;+1. The molecule has 0 amide bonds. The van der Waals surface area contributed by atoms with Crippen LogP contribution in [0, 0.1) is 0 Å². The molecule has 0 saturated carbocycles. The van der Waals surface area contributed by atoms with Gasteiger partial charge >= 0.3 is 71.0 Å². The zero-order chi connectivity index (χ0) is 7.82. The minimum absolute atomic E-state index is 0. The van der Waals surface area contributed by atoms with Gasteiger partial charge in [-0.1, -0.05) is 0 Å². The first kappa shape index (κ1) is 13.8. The fourth-order valence-electron chi connectivity index (χ4n) is 0.727. The first-order chi connectivity index (χ1) is 4.85. The molecular formula is C8H17O2Sn. The molecule has 0 aliphatic heterocycles. The average molecular weight is 264 g/mol. The Morgan fingerprint density at radius 3 is 2.00 bits per heavy atom. The average Bonchev–Trinajstić information content (AvgIpc) is 1.90. The van der Waals surface area contributed by atoms with E-state index in [1.807, 2.05) is 19.1 Å². The van der Waals surface area contributed by atoms with Crippen molar-refractivity contribution in [2.75, 3.05) is 6.61 Å². The van der Waals surface area contributed by atoms with Gasteiger partial charge in [-0.2, -0.15) is 0 Å². The molecule has 0 fully saturated rings. The first-order valence-corrected chi connectivity index (χ1v) is 8.74. The molecule has 0 spiro atoms. The Kier molecular flexibility index (Phi) is 12.8. The van der Waals surface area contributed by atoms with Gasteiger partial charge in [-0.15, -0.1) is 0 Å². The maximum Gasteiger partial charge on any atom is -0.412 e. The fourth-order valence-corrected chi connectivity index (χ4v) is 4.88. The Bertz CT molecular complexity index is 94.3. The van der Waals surface area contributed by atoms with Crippen molar-refractivity contribution in [1.29, 1.82) is 0 Å². The van der Waals surface area contributed by atoms with E-state index in [0.29, 0.717) is 0 Å². The maximum absolute atomic E-state index is 5.58. The van der Waals surface area contributed by atoms with E-state index >= 15 is 0 Å². The maximum atomic E-state index is 5.58. The number of hydrogen-bond acceptors (Lipinski definition) is 1. The zero-order valence-electron chi connectivity index (χ0n) is 7.10. The molecule has 0 atom stereocenters. The molecule has 0 aliphatic carbocycles. The molecule has 0 rings (SSSR count). The van der Waals surface area contributed by atoms with E-state index < -0.39 is 20.2 Å². The number of allylic oxidation sites excluding steroid dienone is 2. The second-order valence-corrected chi connectivity index (χ2v) is 8.19. The Hall–Kier alpha value is 0.199. The molecule has 0 aromatic carbocycles. The summed E-state index contributed by atoms with van der Waals surface area (Å²) < 4.78 is 7.80. The summed E-state index contributed by atoms with van der Waals surface area (Å²) in [5.74, 6) is 0. The van der Waals surface area contributed by atoms with Gasteiger partial charge in [0, 0.05) is 0 Å². The van der Waals surface area contributed by atoms with Crippen LogP contribution in [0.3, 0.4) is 0 Å². The Balaban J connectivity index is 0. The van der Waals surface area contributed by atoms with Gasteiger partial charge in [-0.3, -0.25) is 0 Å². The summed E-state index contributed by atoms with van der Waals surface area (Å²) in [6.07, 6.45) is 3.93. The van der Waals surface area contributed by atoms with Crippen molar-refractivity contribution in [1.82, 2.24) is 0 Å². The van der Waals surface area contributed by atoms with Crippen LogP contribution in [-0.2, 0) is 3.07 Å². The third-order valence-corrected chi connectivity index (χ3v) is 7.33. The monoisotopic (exact) mass is 265 g/mol. The summed E-state index contributed by atoms with van der Waals surface area (Å²) in [6.45, 7) is 10.3. The van der Waals surface area contributed by atoms with Crippen LogP contribution in [-0.4, -0.2) is 32.3 Å². The van der Waals surface area contributed by atoms with E-state index in [-0.39, 0.29) is 5.48 Å². The van der Waals surface area contributed by atoms with Crippen LogP contribution in [0.2, 0.25) is 8.87 Å². The van der Waals surface area contributed by atoms with Crippen LogP contribution in [0.25, 0.3) is 0 Å². The molecule has 0 aromatic rings. The van der Waals surface area contributed by atoms with Crippen LogP contribution >= 0.6 is 0 Å². The SMILES string of the molecule is C=C[CH2][Sn]([CH2]C=C)[O]CC.O. The van der Waals surface area contributed by atoms with E-state index in [1.165, 1.54) is 0 Å². The van der Waals surface area contributed by atoms with Gasteiger partial charge in [-0.25, -0.2) is 0 Å². The molecule has 0 unspecified atom stereocenters.